The number of hydrogen-bond donors (Lipinski definition) is 2. The molecule has 1 rings (SSSR count). The predicted molar refractivity (Wildman–Crippen MR) is 54.5 cm³/mol. The van der Waals surface area contributed by atoms with Gasteiger partial charge in [-0.05, 0) is 0 Å². The third-order valence-electron chi connectivity index (χ3n) is 2.04. The monoisotopic (exact) mass is 212 g/mol. The van der Waals surface area contributed by atoms with Gasteiger partial charge in [0.15, 0.2) is 0 Å². The SMILES string of the molecule is CC(C)(C)c1cc(C[C@H](N)C(=O)O)no1. The lowest BCUT2D eigenvalue weighted by Crippen LogP contribution is -2.32. The number of nitrogens with two attached hydrogens (primary N) is 1. The number of carboxylic acid groups (broad SMARTS) is 1. The van der Waals surface area contributed by atoms with Crippen LogP contribution in [0.2, 0.25) is 0 Å². The molecule has 0 aromatic carbocycles. The van der Waals surface area contributed by atoms with Gasteiger partial charge in [0.05, 0.1) is 5.69 Å². The maximum atomic E-state index is 10.5. The number of rotatable bonds is 3. The molecule has 0 saturated heterocycles. The van der Waals surface area contributed by atoms with Gasteiger partial charge in [-0.1, -0.05) is 25.9 Å². The number of aromatic nitrogens is 1. The third kappa shape index (κ3) is 3.06. The van der Waals surface area contributed by atoms with E-state index in [4.69, 9.17) is 15.4 Å². The van der Waals surface area contributed by atoms with E-state index in [1.807, 2.05) is 20.8 Å². The van der Waals surface area contributed by atoms with E-state index < -0.39 is 12.0 Å². The van der Waals surface area contributed by atoms with Crippen molar-refractivity contribution in [3.05, 3.63) is 17.5 Å². The molecule has 84 valence electrons. The largest absolute Gasteiger partial charge is 0.480 e. The van der Waals surface area contributed by atoms with Crippen molar-refractivity contribution in [3.63, 3.8) is 0 Å². The molecule has 3 N–H and O–H groups in total. The van der Waals surface area contributed by atoms with Gasteiger partial charge in [0.25, 0.3) is 0 Å². The summed E-state index contributed by atoms with van der Waals surface area (Å²) in [6.45, 7) is 5.98. The highest BCUT2D eigenvalue weighted by Crippen LogP contribution is 2.22. The molecule has 1 aromatic heterocycles. The third-order valence-corrected chi connectivity index (χ3v) is 2.04. The smallest absolute Gasteiger partial charge is 0.320 e. The number of aliphatic carboxylic acids is 1. The standard InChI is InChI=1S/C10H16N2O3/c1-10(2,3)8-5-6(12-15-8)4-7(11)9(13)14/h5,7H,4,11H2,1-3H3,(H,13,14)/t7-/m0/s1. The molecule has 0 aliphatic heterocycles. The van der Waals surface area contributed by atoms with Crippen molar-refractivity contribution in [1.82, 2.24) is 5.16 Å². The molecular formula is C10H16N2O3. The quantitative estimate of drug-likeness (QED) is 0.777. The molecule has 15 heavy (non-hydrogen) atoms. The van der Waals surface area contributed by atoms with E-state index in [0.717, 1.165) is 5.76 Å². The van der Waals surface area contributed by atoms with Crippen molar-refractivity contribution in [2.45, 2.75) is 38.6 Å². The minimum atomic E-state index is -1.03. The van der Waals surface area contributed by atoms with Gasteiger partial charge in [0, 0.05) is 17.9 Å². The fraction of sp³-hybridized carbons (Fsp3) is 0.600. The van der Waals surface area contributed by atoms with E-state index in [1.54, 1.807) is 6.07 Å². The van der Waals surface area contributed by atoms with Crippen LogP contribution in [0.1, 0.15) is 32.2 Å². The van der Waals surface area contributed by atoms with Gasteiger partial charge < -0.3 is 15.4 Å². The fourth-order valence-electron chi connectivity index (χ4n) is 1.07. The van der Waals surface area contributed by atoms with E-state index >= 15 is 0 Å². The van der Waals surface area contributed by atoms with E-state index in [2.05, 4.69) is 5.16 Å². The number of carbonyl (C=O) groups is 1. The van der Waals surface area contributed by atoms with Crippen LogP contribution in [0.5, 0.6) is 0 Å². The Morgan fingerprint density at radius 2 is 2.27 bits per heavy atom. The molecule has 5 nitrogen and oxygen atoms in total. The first-order chi connectivity index (χ1) is 6.80. The first-order valence-corrected chi connectivity index (χ1v) is 4.75. The average molecular weight is 212 g/mol. The summed E-state index contributed by atoms with van der Waals surface area (Å²) in [4.78, 5) is 10.5. The topological polar surface area (TPSA) is 89.4 Å². The van der Waals surface area contributed by atoms with Gasteiger partial charge >= 0.3 is 5.97 Å². The minimum absolute atomic E-state index is 0.126. The van der Waals surface area contributed by atoms with Crippen LogP contribution in [-0.4, -0.2) is 22.3 Å². The molecule has 1 heterocycles. The molecule has 0 spiro atoms. The van der Waals surface area contributed by atoms with Crippen LogP contribution in [0.3, 0.4) is 0 Å². The molecule has 5 heteroatoms. The summed E-state index contributed by atoms with van der Waals surface area (Å²) in [5.41, 5.74) is 5.84. The Kier molecular flexibility index (Phi) is 3.14. The van der Waals surface area contributed by atoms with Crippen molar-refractivity contribution in [2.75, 3.05) is 0 Å². The Hall–Kier alpha value is -1.36. The summed E-state index contributed by atoms with van der Waals surface area (Å²) in [5.74, 6) is -0.301. The van der Waals surface area contributed by atoms with E-state index in [0.29, 0.717) is 5.69 Å². The lowest BCUT2D eigenvalue weighted by atomic mass is 9.93. The lowest BCUT2D eigenvalue weighted by molar-refractivity contribution is -0.138. The van der Waals surface area contributed by atoms with Crippen molar-refractivity contribution >= 4 is 5.97 Å². The zero-order chi connectivity index (χ0) is 11.6. The Bertz CT molecular complexity index is 352. The maximum absolute atomic E-state index is 10.5. The Balaban J connectivity index is 2.73. The highest BCUT2D eigenvalue weighted by atomic mass is 16.5. The van der Waals surface area contributed by atoms with Crippen molar-refractivity contribution in [2.24, 2.45) is 5.73 Å². The van der Waals surface area contributed by atoms with Gasteiger partial charge in [-0.15, -0.1) is 0 Å². The van der Waals surface area contributed by atoms with Crippen LogP contribution in [-0.2, 0) is 16.6 Å². The van der Waals surface area contributed by atoms with E-state index in [9.17, 15) is 4.79 Å². The number of nitrogens with zero attached hydrogens (tertiary/aromatic N) is 1. The zero-order valence-corrected chi connectivity index (χ0v) is 9.15. The van der Waals surface area contributed by atoms with E-state index in [1.165, 1.54) is 0 Å². The van der Waals surface area contributed by atoms with Crippen LogP contribution in [0, 0.1) is 0 Å². The van der Waals surface area contributed by atoms with E-state index in [-0.39, 0.29) is 11.8 Å². The summed E-state index contributed by atoms with van der Waals surface area (Å²) < 4.78 is 5.11. The zero-order valence-electron chi connectivity index (χ0n) is 9.15. The Morgan fingerprint density at radius 3 is 2.67 bits per heavy atom. The first kappa shape index (κ1) is 11.7. The molecule has 0 aliphatic rings. The first-order valence-electron chi connectivity index (χ1n) is 4.75. The number of carboxylic acids is 1. The maximum Gasteiger partial charge on any atom is 0.320 e. The van der Waals surface area contributed by atoms with Crippen LogP contribution in [0.15, 0.2) is 10.6 Å². The molecular weight excluding hydrogens is 196 g/mol. The molecule has 0 bridgehead atoms. The summed E-state index contributed by atoms with van der Waals surface area (Å²) in [6, 6.07) is 0.825. The normalized spacial score (nSPS) is 13.9. The minimum Gasteiger partial charge on any atom is -0.480 e. The predicted octanol–water partition coefficient (Wildman–Crippen LogP) is 0.926. The Morgan fingerprint density at radius 1 is 1.67 bits per heavy atom. The molecule has 0 amide bonds. The molecule has 0 unspecified atom stereocenters. The van der Waals surface area contributed by atoms with Crippen LogP contribution in [0.4, 0.5) is 0 Å². The van der Waals surface area contributed by atoms with Crippen molar-refractivity contribution in [3.8, 4) is 0 Å². The summed E-state index contributed by atoms with van der Waals surface area (Å²) in [5, 5.41) is 12.4. The molecule has 0 aliphatic carbocycles. The molecule has 0 radical (unpaired) electrons. The average Bonchev–Trinajstić information content (AvgIpc) is 2.51. The second-order valence-corrected chi connectivity index (χ2v) is 4.58. The highest BCUT2D eigenvalue weighted by Gasteiger charge is 2.21. The van der Waals surface area contributed by atoms with Gasteiger partial charge in [0.1, 0.15) is 11.8 Å². The summed E-state index contributed by atoms with van der Waals surface area (Å²) in [7, 11) is 0. The van der Waals surface area contributed by atoms with Gasteiger partial charge in [-0.3, -0.25) is 4.79 Å². The van der Waals surface area contributed by atoms with Gasteiger partial charge in [-0.2, -0.15) is 0 Å². The van der Waals surface area contributed by atoms with Crippen molar-refractivity contribution < 1.29 is 14.4 Å². The Labute approximate surface area is 88.2 Å². The lowest BCUT2D eigenvalue weighted by Gasteiger charge is -2.12. The highest BCUT2D eigenvalue weighted by molar-refractivity contribution is 5.73. The molecule has 1 atom stereocenters. The van der Waals surface area contributed by atoms with Gasteiger partial charge in [-0.25, -0.2) is 0 Å². The summed E-state index contributed by atoms with van der Waals surface area (Å²) >= 11 is 0. The molecule has 0 fully saturated rings. The second kappa shape index (κ2) is 4.02. The van der Waals surface area contributed by atoms with Crippen LogP contribution < -0.4 is 5.73 Å². The van der Waals surface area contributed by atoms with Crippen LogP contribution >= 0.6 is 0 Å². The summed E-state index contributed by atoms with van der Waals surface area (Å²) in [6.07, 6.45) is 0.189. The number of hydrogen-bond acceptors (Lipinski definition) is 4. The van der Waals surface area contributed by atoms with Crippen LogP contribution in [0.25, 0.3) is 0 Å². The van der Waals surface area contributed by atoms with Gasteiger partial charge in [0.2, 0.25) is 0 Å². The fourth-order valence-corrected chi connectivity index (χ4v) is 1.07. The molecule has 0 saturated carbocycles. The van der Waals surface area contributed by atoms with Crippen molar-refractivity contribution in [1.29, 1.82) is 0 Å². The molecule has 1 aromatic rings. The second-order valence-electron chi connectivity index (χ2n) is 4.58.